The Labute approximate surface area is 129 Å². The van der Waals surface area contributed by atoms with Crippen molar-refractivity contribution in [2.45, 2.75) is 17.4 Å². The highest BCUT2D eigenvalue weighted by molar-refractivity contribution is 7.99. The lowest BCUT2D eigenvalue weighted by molar-refractivity contribution is -0.123. The summed E-state index contributed by atoms with van der Waals surface area (Å²) in [5.41, 5.74) is 6.92. The summed E-state index contributed by atoms with van der Waals surface area (Å²) in [5, 5.41) is 3.12. The lowest BCUT2D eigenvalue weighted by Gasteiger charge is -2.30. The molecule has 0 radical (unpaired) electrons. The number of aryl methyl sites for hydroxylation is 1. The smallest absolute Gasteiger partial charge is 0.243 e. The van der Waals surface area contributed by atoms with Gasteiger partial charge in [-0.3, -0.25) is 4.79 Å². The molecule has 0 aliphatic heterocycles. The quantitative estimate of drug-likeness (QED) is 0.807. The van der Waals surface area contributed by atoms with Gasteiger partial charge < -0.3 is 11.1 Å². The van der Waals surface area contributed by atoms with Crippen molar-refractivity contribution in [3.8, 4) is 0 Å². The average Bonchev–Trinajstić information content (AvgIpc) is 2.49. The minimum absolute atomic E-state index is 0.364. The number of thioether (sulfide) groups is 1. The molecule has 2 aromatic carbocycles. The van der Waals surface area contributed by atoms with Crippen molar-refractivity contribution in [3.05, 3.63) is 65.7 Å². The van der Waals surface area contributed by atoms with Crippen LogP contribution in [0.5, 0.6) is 0 Å². The summed E-state index contributed by atoms with van der Waals surface area (Å²) in [6, 6.07) is 17.9. The van der Waals surface area contributed by atoms with E-state index in [0.717, 1.165) is 10.5 Å². The summed E-state index contributed by atoms with van der Waals surface area (Å²) in [7, 11) is 1.77. The number of rotatable bonds is 6. The van der Waals surface area contributed by atoms with Gasteiger partial charge in [-0.2, -0.15) is 0 Å². The van der Waals surface area contributed by atoms with Gasteiger partial charge in [0, 0.05) is 10.6 Å². The molecular formula is C17H20N2OS. The Kier molecular flexibility index (Phi) is 5.04. The van der Waals surface area contributed by atoms with Gasteiger partial charge >= 0.3 is 0 Å². The number of nitrogens with one attached hydrogen (secondary N) is 1. The van der Waals surface area contributed by atoms with E-state index in [1.54, 1.807) is 18.8 Å². The SMILES string of the molecule is CNC(CSc1cccc(C)c1)(C(N)=O)c1ccccc1. The summed E-state index contributed by atoms with van der Waals surface area (Å²) in [5.74, 6) is 0.183. The summed E-state index contributed by atoms with van der Waals surface area (Å²) in [6.45, 7) is 2.06. The predicted octanol–water partition coefficient (Wildman–Crippen LogP) is 2.69. The van der Waals surface area contributed by atoms with Gasteiger partial charge in [0.1, 0.15) is 5.54 Å². The van der Waals surface area contributed by atoms with Crippen LogP contribution >= 0.6 is 11.8 Å². The van der Waals surface area contributed by atoms with E-state index in [2.05, 4.69) is 24.4 Å². The molecule has 1 amide bonds. The molecule has 1 unspecified atom stereocenters. The van der Waals surface area contributed by atoms with Crippen molar-refractivity contribution in [1.29, 1.82) is 0 Å². The third kappa shape index (κ3) is 3.46. The second-order valence-corrected chi connectivity index (χ2v) is 6.04. The second kappa shape index (κ2) is 6.78. The maximum Gasteiger partial charge on any atom is 0.243 e. The fourth-order valence-electron chi connectivity index (χ4n) is 2.26. The minimum atomic E-state index is -0.865. The number of amides is 1. The summed E-state index contributed by atoms with van der Waals surface area (Å²) in [4.78, 5) is 13.2. The number of likely N-dealkylation sites (N-methyl/N-ethyl adjacent to an activating group) is 1. The first-order valence-electron chi connectivity index (χ1n) is 6.82. The normalized spacial score (nSPS) is 13.6. The summed E-state index contributed by atoms with van der Waals surface area (Å²) < 4.78 is 0. The molecule has 3 N–H and O–H groups in total. The molecule has 0 heterocycles. The number of carbonyl (C=O) groups excluding carboxylic acids is 1. The van der Waals surface area contributed by atoms with Crippen LogP contribution in [-0.2, 0) is 10.3 Å². The van der Waals surface area contributed by atoms with E-state index in [1.807, 2.05) is 42.5 Å². The van der Waals surface area contributed by atoms with E-state index in [4.69, 9.17) is 5.73 Å². The molecule has 0 saturated heterocycles. The largest absolute Gasteiger partial charge is 0.368 e. The van der Waals surface area contributed by atoms with Crippen LogP contribution in [0.4, 0.5) is 0 Å². The molecule has 0 fully saturated rings. The van der Waals surface area contributed by atoms with Gasteiger partial charge in [-0.1, -0.05) is 48.0 Å². The van der Waals surface area contributed by atoms with Crippen molar-refractivity contribution in [3.63, 3.8) is 0 Å². The van der Waals surface area contributed by atoms with Gasteiger partial charge in [0.25, 0.3) is 0 Å². The molecule has 4 heteroatoms. The van der Waals surface area contributed by atoms with E-state index >= 15 is 0 Å². The number of hydrogen-bond acceptors (Lipinski definition) is 3. The molecule has 2 rings (SSSR count). The van der Waals surface area contributed by atoms with Crippen LogP contribution in [0.15, 0.2) is 59.5 Å². The van der Waals surface area contributed by atoms with Crippen LogP contribution in [0.1, 0.15) is 11.1 Å². The molecule has 0 bridgehead atoms. The molecule has 0 aliphatic rings. The van der Waals surface area contributed by atoms with Crippen molar-refractivity contribution < 1.29 is 4.79 Å². The highest BCUT2D eigenvalue weighted by atomic mass is 32.2. The molecule has 0 aromatic heterocycles. The fourth-order valence-corrected chi connectivity index (χ4v) is 3.54. The van der Waals surface area contributed by atoms with Crippen LogP contribution in [0, 0.1) is 6.92 Å². The van der Waals surface area contributed by atoms with Gasteiger partial charge in [0.15, 0.2) is 0 Å². The number of primary amides is 1. The Hall–Kier alpha value is -1.78. The van der Waals surface area contributed by atoms with E-state index in [-0.39, 0.29) is 5.91 Å². The van der Waals surface area contributed by atoms with Crippen molar-refractivity contribution in [2.24, 2.45) is 5.73 Å². The van der Waals surface area contributed by atoms with Gasteiger partial charge in [0.2, 0.25) is 5.91 Å². The van der Waals surface area contributed by atoms with Crippen molar-refractivity contribution in [2.75, 3.05) is 12.8 Å². The van der Waals surface area contributed by atoms with E-state index in [0.29, 0.717) is 5.75 Å². The highest BCUT2D eigenvalue weighted by Gasteiger charge is 2.36. The van der Waals surface area contributed by atoms with Crippen LogP contribution in [0.3, 0.4) is 0 Å². The number of benzene rings is 2. The van der Waals surface area contributed by atoms with E-state index in [9.17, 15) is 4.79 Å². The van der Waals surface area contributed by atoms with Gasteiger partial charge in [-0.25, -0.2) is 0 Å². The zero-order chi connectivity index (χ0) is 15.3. The lowest BCUT2D eigenvalue weighted by atomic mass is 9.91. The lowest BCUT2D eigenvalue weighted by Crippen LogP contribution is -2.53. The minimum Gasteiger partial charge on any atom is -0.368 e. The summed E-state index contributed by atoms with van der Waals surface area (Å²) in [6.07, 6.45) is 0. The van der Waals surface area contributed by atoms with Crippen LogP contribution in [0.2, 0.25) is 0 Å². The van der Waals surface area contributed by atoms with Crippen LogP contribution < -0.4 is 11.1 Å². The average molecular weight is 300 g/mol. The third-order valence-corrected chi connectivity index (χ3v) is 4.72. The molecule has 110 valence electrons. The number of carbonyl (C=O) groups is 1. The molecular weight excluding hydrogens is 280 g/mol. The van der Waals surface area contributed by atoms with Gasteiger partial charge in [-0.05, 0) is 31.7 Å². The Bertz CT molecular complexity index is 615. The van der Waals surface area contributed by atoms with Crippen LogP contribution in [0.25, 0.3) is 0 Å². The fraction of sp³-hybridized carbons (Fsp3) is 0.235. The first kappa shape index (κ1) is 15.6. The third-order valence-electron chi connectivity index (χ3n) is 3.56. The maximum absolute atomic E-state index is 12.1. The Morgan fingerprint density at radius 2 is 1.90 bits per heavy atom. The Morgan fingerprint density at radius 3 is 2.48 bits per heavy atom. The molecule has 3 nitrogen and oxygen atoms in total. The number of nitrogens with two attached hydrogens (primary N) is 1. The van der Waals surface area contributed by atoms with Crippen molar-refractivity contribution in [1.82, 2.24) is 5.32 Å². The predicted molar refractivity (Wildman–Crippen MR) is 88.3 cm³/mol. The molecule has 21 heavy (non-hydrogen) atoms. The van der Waals surface area contributed by atoms with E-state index in [1.165, 1.54) is 5.56 Å². The van der Waals surface area contributed by atoms with Crippen molar-refractivity contribution >= 4 is 17.7 Å². The van der Waals surface area contributed by atoms with Gasteiger partial charge in [-0.15, -0.1) is 11.8 Å². The summed E-state index contributed by atoms with van der Waals surface area (Å²) >= 11 is 1.63. The molecule has 0 aliphatic carbocycles. The Morgan fingerprint density at radius 1 is 1.19 bits per heavy atom. The first-order chi connectivity index (χ1) is 10.1. The topological polar surface area (TPSA) is 55.1 Å². The molecule has 0 saturated carbocycles. The first-order valence-corrected chi connectivity index (χ1v) is 7.81. The zero-order valence-electron chi connectivity index (χ0n) is 12.3. The monoisotopic (exact) mass is 300 g/mol. The zero-order valence-corrected chi connectivity index (χ0v) is 13.1. The number of hydrogen-bond donors (Lipinski definition) is 2. The maximum atomic E-state index is 12.1. The van der Waals surface area contributed by atoms with Crippen LogP contribution in [-0.4, -0.2) is 18.7 Å². The van der Waals surface area contributed by atoms with Gasteiger partial charge in [0.05, 0.1) is 0 Å². The molecule has 2 aromatic rings. The standard InChI is InChI=1S/C17H20N2OS/c1-13-7-6-10-15(11-13)21-12-17(19-2,16(18)20)14-8-4-3-5-9-14/h3-11,19H,12H2,1-2H3,(H2,18,20). The highest BCUT2D eigenvalue weighted by Crippen LogP contribution is 2.30. The second-order valence-electron chi connectivity index (χ2n) is 4.99. The van der Waals surface area contributed by atoms with E-state index < -0.39 is 5.54 Å². The Balaban J connectivity index is 2.27. The molecule has 1 atom stereocenters. The molecule has 0 spiro atoms.